The van der Waals surface area contributed by atoms with Crippen LogP contribution in [0.25, 0.3) is 0 Å². The number of carbonyl (C=O) groups is 1. The molecule has 2 aromatic carbocycles. The van der Waals surface area contributed by atoms with E-state index in [0.29, 0.717) is 17.2 Å². The van der Waals surface area contributed by atoms with Crippen LogP contribution in [0.5, 0.6) is 0 Å². The van der Waals surface area contributed by atoms with Gasteiger partial charge in [0.2, 0.25) is 10.0 Å². The smallest absolute Gasteiger partial charge is 0.251 e. The van der Waals surface area contributed by atoms with Crippen LogP contribution in [0.2, 0.25) is 5.02 Å². The minimum atomic E-state index is -3.64. The highest BCUT2D eigenvalue weighted by atomic mass is 35.5. The Labute approximate surface area is 170 Å². The molecule has 0 spiro atoms. The van der Waals surface area contributed by atoms with E-state index in [2.05, 4.69) is 10.0 Å². The van der Waals surface area contributed by atoms with E-state index in [9.17, 15) is 13.2 Å². The van der Waals surface area contributed by atoms with E-state index in [1.807, 2.05) is 19.1 Å². The van der Waals surface area contributed by atoms with E-state index in [0.717, 1.165) is 18.4 Å². The number of rotatable bonds is 7. The van der Waals surface area contributed by atoms with Gasteiger partial charge in [-0.2, -0.15) is 0 Å². The van der Waals surface area contributed by atoms with Gasteiger partial charge in [0.1, 0.15) is 0 Å². The van der Waals surface area contributed by atoms with Crippen LogP contribution in [-0.4, -0.2) is 33.6 Å². The van der Waals surface area contributed by atoms with E-state index in [1.165, 1.54) is 24.3 Å². The van der Waals surface area contributed by atoms with Crippen LogP contribution in [0.15, 0.2) is 53.4 Å². The SMILES string of the molecule is C[C@@H](NC(=O)c1ccc(S(=O)(=O)NC[C@@H]2CCCO2)cc1)c1cccc(Cl)c1. The van der Waals surface area contributed by atoms with Gasteiger partial charge in [-0.25, -0.2) is 13.1 Å². The van der Waals surface area contributed by atoms with E-state index in [1.54, 1.807) is 12.1 Å². The van der Waals surface area contributed by atoms with Crippen LogP contribution < -0.4 is 10.0 Å². The molecule has 0 aromatic heterocycles. The summed E-state index contributed by atoms with van der Waals surface area (Å²) in [4.78, 5) is 12.6. The highest BCUT2D eigenvalue weighted by Gasteiger charge is 2.20. The van der Waals surface area contributed by atoms with Crippen LogP contribution in [0.3, 0.4) is 0 Å². The molecule has 1 amide bonds. The molecule has 150 valence electrons. The van der Waals surface area contributed by atoms with E-state index in [4.69, 9.17) is 16.3 Å². The van der Waals surface area contributed by atoms with E-state index >= 15 is 0 Å². The molecule has 2 aromatic rings. The van der Waals surface area contributed by atoms with Crippen molar-refractivity contribution in [1.29, 1.82) is 0 Å². The molecule has 8 heteroatoms. The zero-order chi connectivity index (χ0) is 20.1. The first-order valence-corrected chi connectivity index (χ1v) is 11.0. The Bertz CT molecular complexity index is 925. The third kappa shape index (κ3) is 5.32. The minimum absolute atomic E-state index is 0.0761. The molecule has 0 saturated carbocycles. The van der Waals surface area contributed by atoms with Gasteiger partial charge in [-0.3, -0.25) is 4.79 Å². The molecule has 1 heterocycles. The van der Waals surface area contributed by atoms with Crippen molar-refractivity contribution in [3.8, 4) is 0 Å². The van der Waals surface area contributed by atoms with Gasteiger partial charge in [0.15, 0.2) is 0 Å². The minimum Gasteiger partial charge on any atom is -0.377 e. The topological polar surface area (TPSA) is 84.5 Å². The molecular formula is C20H23ClN2O4S. The van der Waals surface area contributed by atoms with Crippen molar-refractivity contribution < 1.29 is 17.9 Å². The molecule has 0 bridgehead atoms. The number of hydrogen-bond donors (Lipinski definition) is 2. The lowest BCUT2D eigenvalue weighted by Crippen LogP contribution is -2.32. The summed E-state index contributed by atoms with van der Waals surface area (Å²) in [6, 6.07) is 12.9. The summed E-state index contributed by atoms with van der Waals surface area (Å²) in [7, 11) is -3.64. The molecule has 2 N–H and O–H groups in total. The molecule has 0 aliphatic carbocycles. The van der Waals surface area contributed by atoms with Gasteiger partial charge in [0.25, 0.3) is 5.91 Å². The van der Waals surface area contributed by atoms with Gasteiger partial charge < -0.3 is 10.1 Å². The van der Waals surface area contributed by atoms with Gasteiger partial charge in [0, 0.05) is 23.7 Å². The molecule has 0 radical (unpaired) electrons. The number of benzene rings is 2. The van der Waals surface area contributed by atoms with Crippen LogP contribution in [0.4, 0.5) is 0 Å². The maximum Gasteiger partial charge on any atom is 0.251 e. The molecule has 1 aliphatic heterocycles. The zero-order valence-corrected chi connectivity index (χ0v) is 17.1. The number of amides is 1. The number of ether oxygens (including phenoxy) is 1. The molecule has 1 aliphatic rings. The fourth-order valence-corrected chi connectivity index (χ4v) is 4.28. The monoisotopic (exact) mass is 422 g/mol. The van der Waals surface area contributed by atoms with Gasteiger partial charge in [-0.15, -0.1) is 0 Å². The highest BCUT2D eigenvalue weighted by Crippen LogP contribution is 2.18. The second-order valence-electron chi connectivity index (χ2n) is 6.76. The molecule has 1 saturated heterocycles. The van der Waals surface area contributed by atoms with Crippen LogP contribution in [0.1, 0.15) is 41.7 Å². The summed E-state index contributed by atoms with van der Waals surface area (Å²) < 4.78 is 32.8. The van der Waals surface area contributed by atoms with Crippen molar-refractivity contribution in [2.75, 3.05) is 13.2 Å². The quantitative estimate of drug-likeness (QED) is 0.717. The summed E-state index contributed by atoms with van der Waals surface area (Å²) in [5.74, 6) is -0.288. The molecule has 28 heavy (non-hydrogen) atoms. The fraction of sp³-hybridized carbons (Fsp3) is 0.350. The van der Waals surface area contributed by atoms with Crippen molar-refractivity contribution in [3.63, 3.8) is 0 Å². The highest BCUT2D eigenvalue weighted by molar-refractivity contribution is 7.89. The van der Waals surface area contributed by atoms with E-state index < -0.39 is 10.0 Å². The summed E-state index contributed by atoms with van der Waals surface area (Å²) >= 11 is 5.99. The number of halogens is 1. The second-order valence-corrected chi connectivity index (χ2v) is 8.96. The number of nitrogens with one attached hydrogen (secondary N) is 2. The van der Waals surface area contributed by atoms with Gasteiger partial charge in [-0.05, 0) is 61.7 Å². The van der Waals surface area contributed by atoms with Crippen molar-refractivity contribution in [2.24, 2.45) is 0 Å². The normalized spacial score (nSPS) is 18.0. The molecule has 6 nitrogen and oxygen atoms in total. The Hall–Kier alpha value is -1.93. The summed E-state index contributed by atoms with van der Waals surface area (Å²) in [5.41, 5.74) is 1.27. The fourth-order valence-electron chi connectivity index (χ4n) is 3.02. The Morgan fingerprint density at radius 2 is 2.00 bits per heavy atom. The number of sulfonamides is 1. The van der Waals surface area contributed by atoms with Gasteiger partial charge in [-0.1, -0.05) is 23.7 Å². The van der Waals surface area contributed by atoms with Crippen molar-refractivity contribution >= 4 is 27.5 Å². The predicted octanol–water partition coefficient (Wildman–Crippen LogP) is 3.29. The lowest BCUT2D eigenvalue weighted by atomic mass is 10.1. The maximum atomic E-state index is 12.4. The zero-order valence-electron chi connectivity index (χ0n) is 15.5. The molecule has 3 rings (SSSR count). The molecule has 2 atom stereocenters. The lowest BCUT2D eigenvalue weighted by Gasteiger charge is -2.15. The average Bonchev–Trinajstić information content (AvgIpc) is 3.20. The lowest BCUT2D eigenvalue weighted by molar-refractivity contribution is 0.0939. The Balaban J connectivity index is 1.61. The van der Waals surface area contributed by atoms with Crippen molar-refractivity contribution in [1.82, 2.24) is 10.0 Å². The van der Waals surface area contributed by atoms with Gasteiger partial charge in [0.05, 0.1) is 17.0 Å². The van der Waals surface area contributed by atoms with Crippen LogP contribution >= 0.6 is 11.6 Å². The van der Waals surface area contributed by atoms with Crippen molar-refractivity contribution in [2.45, 2.75) is 36.8 Å². The Kier molecular flexibility index (Phi) is 6.72. The summed E-state index contributed by atoms with van der Waals surface area (Å²) in [6.45, 7) is 2.78. The van der Waals surface area contributed by atoms with Crippen LogP contribution in [0, 0.1) is 0 Å². The molecule has 1 fully saturated rings. The predicted molar refractivity (Wildman–Crippen MR) is 108 cm³/mol. The summed E-state index contributed by atoms with van der Waals surface area (Å²) in [5, 5.41) is 3.48. The third-order valence-corrected chi connectivity index (χ3v) is 6.32. The second kappa shape index (κ2) is 9.05. The number of hydrogen-bond acceptors (Lipinski definition) is 4. The standard InChI is InChI=1S/C20H23ClN2O4S/c1-14(16-4-2-5-17(21)12-16)23-20(24)15-7-9-19(10-8-15)28(25,26)22-13-18-6-3-11-27-18/h2,4-5,7-10,12,14,18,22H,3,6,11,13H2,1H3,(H,23,24)/t14-,18+/m1/s1. The number of carbonyl (C=O) groups excluding carboxylic acids is 1. The van der Waals surface area contributed by atoms with Gasteiger partial charge >= 0.3 is 0 Å². The van der Waals surface area contributed by atoms with Crippen molar-refractivity contribution in [3.05, 3.63) is 64.7 Å². The Morgan fingerprint density at radius 3 is 2.64 bits per heavy atom. The van der Waals surface area contributed by atoms with Crippen LogP contribution in [-0.2, 0) is 14.8 Å². The largest absolute Gasteiger partial charge is 0.377 e. The average molecular weight is 423 g/mol. The third-order valence-electron chi connectivity index (χ3n) is 4.65. The molecular weight excluding hydrogens is 400 g/mol. The first kappa shape index (κ1) is 20.8. The maximum absolute atomic E-state index is 12.4. The first-order valence-electron chi connectivity index (χ1n) is 9.13. The van der Waals surface area contributed by atoms with E-state index in [-0.39, 0.29) is 29.5 Å². The Morgan fingerprint density at radius 1 is 1.25 bits per heavy atom. The summed E-state index contributed by atoms with van der Waals surface area (Å²) in [6.07, 6.45) is 1.73. The first-order chi connectivity index (χ1) is 13.3. The molecule has 0 unspecified atom stereocenters.